The highest BCUT2D eigenvalue weighted by atomic mass is 32.2. The van der Waals surface area contributed by atoms with Gasteiger partial charge in [0.05, 0.1) is 18.6 Å². The summed E-state index contributed by atoms with van der Waals surface area (Å²) in [6, 6.07) is 6.44. The van der Waals surface area contributed by atoms with Crippen molar-refractivity contribution >= 4 is 40.2 Å². The van der Waals surface area contributed by atoms with E-state index in [0.29, 0.717) is 6.54 Å². The van der Waals surface area contributed by atoms with Crippen molar-refractivity contribution in [2.24, 2.45) is 0 Å². The van der Waals surface area contributed by atoms with Crippen molar-refractivity contribution in [3.8, 4) is 0 Å². The highest BCUT2D eigenvalue weighted by Crippen LogP contribution is 2.42. The van der Waals surface area contributed by atoms with Crippen molar-refractivity contribution in [2.75, 3.05) is 23.3 Å². The number of rotatable bonds is 3. The van der Waals surface area contributed by atoms with Crippen LogP contribution in [0.1, 0.15) is 24.8 Å². The molecule has 0 atom stereocenters. The average Bonchev–Trinajstić information content (AvgIpc) is 3.21. The molecule has 30 heavy (non-hydrogen) atoms. The van der Waals surface area contributed by atoms with Crippen molar-refractivity contribution in [1.82, 2.24) is 29.5 Å². The monoisotopic (exact) mass is 416 g/mol. The number of benzene rings is 1. The average molecular weight is 417 g/mol. The van der Waals surface area contributed by atoms with Crippen LogP contribution in [0, 0.1) is 0 Å². The Balaban J connectivity index is 1.30. The molecule has 9 heteroatoms. The Kier molecular flexibility index (Phi) is 4.26. The van der Waals surface area contributed by atoms with Crippen molar-refractivity contribution in [1.29, 1.82) is 0 Å². The molecular weight excluding hydrogens is 396 g/mol. The number of anilines is 3. The molecule has 1 fully saturated rings. The van der Waals surface area contributed by atoms with Gasteiger partial charge < -0.3 is 14.8 Å². The molecule has 8 nitrogen and oxygen atoms in total. The third kappa shape index (κ3) is 3.06. The number of hydrogen-bond acceptors (Lipinski definition) is 8. The lowest BCUT2D eigenvalue weighted by Gasteiger charge is -2.27. The SMILES string of the molecule is c1cnc2c(n1)Nc1cc(Cn3cnc4c(N5CCCCC5)ncnc43)ccc1S2. The van der Waals surface area contributed by atoms with Crippen LogP contribution in [0.3, 0.4) is 0 Å². The number of fused-ring (bicyclic) bond motifs is 3. The molecule has 0 bridgehead atoms. The minimum atomic E-state index is 0.694. The van der Waals surface area contributed by atoms with Crippen molar-refractivity contribution in [2.45, 2.75) is 35.7 Å². The van der Waals surface area contributed by atoms with E-state index in [2.05, 4.69) is 57.9 Å². The molecule has 3 aromatic heterocycles. The molecule has 0 amide bonds. The van der Waals surface area contributed by atoms with E-state index in [1.54, 1.807) is 30.5 Å². The minimum Gasteiger partial charge on any atom is -0.355 e. The number of piperidine rings is 1. The van der Waals surface area contributed by atoms with E-state index in [0.717, 1.165) is 51.5 Å². The zero-order valence-corrected chi connectivity index (χ0v) is 17.1. The summed E-state index contributed by atoms with van der Waals surface area (Å²) < 4.78 is 2.09. The van der Waals surface area contributed by atoms with Crippen LogP contribution in [0.2, 0.25) is 0 Å². The van der Waals surface area contributed by atoms with Crippen LogP contribution < -0.4 is 10.2 Å². The van der Waals surface area contributed by atoms with Gasteiger partial charge in [-0.15, -0.1) is 0 Å². The first kappa shape index (κ1) is 17.6. The third-order valence-electron chi connectivity index (χ3n) is 5.56. The first-order valence-electron chi connectivity index (χ1n) is 10.1. The second-order valence-electron chi connectivity index (χ2n) is 7.56. The number of aromatic nitrogens is 6. The smallest absolute Gasteiger partial charge is 0.165 e. The van der Waals surface area contributed by atoms with Gasteiger partial charge in [0.15, 0.2) is 22.8 Å². The van der Waals surface area contributed by atoms with Crippen LogP contribution in [-0.4, -0.2) is 42.6 Å². The molecule has 4 aromatic rings. The topological polar surface area (TPSA) is 84.7 Å². The number of hydrogen-bond donors (Lipinski definition) is 1. The van der Waals surface area contributed by atoms with Gasteiger partial charge >= 0.3 is 0 Å². The molecule has 2 aliphatic rings. The Morgan fingerprint density at radius 1 is 0.967 bits per heavy atom. The molecule has 0 aliphatic carbocycles. The zero-order chi connectivity index (χ0) is 19.9. The van der Waals surface area contributed by atoms with E-state index in [-0.39, 0.29) is 0 Å². The summed E-state index contributed by atoms with van der Waals surface area (Å²) in [4.78, 5) is 26.0. The van der Waals surface area contributed by atoms with E-state index >= 15 is 0 Å². The van der Waals surface area contributed by atoms with E-state index < -0.39 is 0 Å². The van der Waals surface area contributed by atoms with Gasteiger partial charge in [-0.25, -0.2) is 24.9 Å². The minimum absolute atomic E-state index is 0.694. The third-order valence-corrected chi connectivity index (χ3v) is 6.63. The molecule has 5 heterocycles. The van der Waals surface area contributed by atoms with Crippen LogP contribution in [0.15, 0.2) is 53.2 Å². The molecule has 0 unspecified atom stereocenters. The molecule has 6 rings (SSSR count). The standard InChI is InChI=1S/C21H20N8S/c1-2-8-28(9-3-1)19-17-20(25-12-24-19)29(13-26-17)11-14-4-5-16-15(10-14)27-18-21(30-16)23-7-6-22-18/h4-7,10,12-13H,1-3,8-9,11H2,(H,22,27). The van der Waals surface area contributed by atoms with Crippen LogP contribution >= 0.6 is 11.8 Å². The molecule has 1 saturated heterocycles. The van der Waals surface area contributed by atoms with Crippen LogP contribution in [0.4, 0.5) is 17.3 Å². The molecular formula is C21H20N8S. The number of nitrogens with one attached hydrogen (secondary N) is 1. The van der Waals surface area contributed by atoms with Crippen LogP contribution in [-0.2, 0) is 6.54 Å². The van der Waals surface area contributed by atoms with E-state index in [4.69, 9.17) is 0 Å². The van der Waals surface area contributed by atoms with Crippen LogP contribution in [0.5, 0.6) is 0 Å². The Labute approximate surface area is 177 Å². The van der Waals surface area contributed by atoms with Crippen LogP contribution in [0.25, 0.3) is 11.2 Å². The summed E-state index contributed by atoms with van der Waals surface area (Å²) in [6.07, 6.45) is 10.7. The fourth-order valence-electron chi connectivity index (χ4n) is 4.10. The molecule has 1 N–H and O–H groups in total. The maximum absolute atomic E-state index is 4.67. The highest BCUT2D eigenvalue weighted by molar-refractivity contribution is 7.99. The van der Waals surface area contributed by atoms with Gasteiger partial charge in [0.2, 0.25) is 0 Å². The molecule has 0 spiro atoms. The predicted octanol–water partition coefficient (Wildman–Crippen LogP) is 3.86. The van der Waals surface area contributed by atoms with E-state index in [9.17, 15) is 0 Å². The summed E-state index contributed by atoms with van der Waals surface area (Å²) >= 11 is 1.64. The highest BCUT2D eigenvalue weighted by Gasteiger charge is 2.20. The normalized spacial score (nSPS) is 15.5. The molecule has 150 valence electrons. The van der Waals surface area contributed by atoms with Gasteiger partial charge in [0.25, 0.3) is 0 Å². The molecule has 0 saturated carbocycles. The molecule has 1 aromatic carbocycles. The van der Waals surface area contributed by atoms with Crippen molar-refractivity contribution in [3.05, 3.63) is 48.8 Å². The molecule has 0 radical (unpaired) electrons. The van der Waals surface area contributed by atoms with Gasteiger partial charge in [0.1, 0.15) is 11.4 Å². The fraction of sp³-hybridized carbons (Fsp3) is 0.286. The fourth-order valence-corrected chi connectivity index (χ4v) is 4.98. The van der Waals surface area contributed by atoms with Gasteiger partial charge in [-0.2, -0.15) is 0 Å². The van der Waals surface area contributed by atoms with E-state index in [1.807, 2.05) is 6.33 Å². The van der Waals surface area contributed by atoms with Gasteiger partial charge in [-0.1, -0.05) is 17.8 Å². The number of imidazole rings is 1. The lowest BCUT2D eigenvalue weighted by atomic mass is 10.1. The Hall–Kier alpha value is -3.20. The molecule has 2 aliphatic heterocycles. The summed E-state index contributed by atoms with van der Waals surface area (Å²) in [7, 11) is 0. The zero-order valence-electron chi connectivity index (χ0n) is 16.3. The second-order valence-corrected chi connectivity index (χ2v) is 8.59. The number of nitrogens with zero attached hydrogens (tertiary/aromatic N) is 7. The second kappa shape index (κ2) is 7.24. The quantitative estimate of drug-likeness (QED) is 0.475. The Morgan fingerprint density at radius 2 is 1.87 bits per heavy atom. The Morgan fingerprint density at radius 3 is 2.80 bits per heavy atom. The van der Waals surface area contributed by atoms with E-state index in [1.165, 1.54) is 24.8 Å². The summed E-state index contributed by atoms with van der Waals surface area (Å²) in [5.74, 6) is 1.76. The first-order chi connectivity index (χ1) is 14.8. The summed E-state index contributed by atoms with van der Waals surface area (Å²) in [6.45, 7) is 2.77. The maximum atomic E-state index is 4.67. The predicted molar refractivity (Wildman–Crippen MR) is 116 cm³/mol. The first-order valence-corrected chi connectivity index (χ1v) is 11.0. The maximum Gasteiger partial charge on any atom is 0.165 e. The lowest BCUT2D eigenvalue weighted by Crippen LogP contribution is -2.30. The summed E-state index contributed by atoms with van der Waals surface area (Å²) in [5.41, 5.74) is 3.99. The van der Waals surface area contributed by atoms with Gasteiger partial charge in [0, 0.05) is 30.4 Å². The lowest BCUT2D eigenvalue weighted by molar-refractivity contribution is 0.574. The van der Waals surface area contributed by atoms with Gasteiger partial charge in [-0.3, -0.25) is 0 Å². The van der Waals surface area contributed by atoms with Crippen molar-refractivity contribution in [3.63, 3.8) is 0 Å². The van der Waals surface area contributed by atoms with Gasteiger partial charge in [-0.05, 0) is 37.0 Å². The summed E-state index contributed by atoms with van der Waals surface area (Å²) in [5, 5.41) is 4.30. The Bertz CT molecular complexity index is 1230. The van der Waals surface area contributed by atoms with Crippen molar-refractivity contribution < 1.29 is 0 Å². The largest absolute Gasteiger partial charge is 0.355 e.